The number of carbonyl (C=O) groups excluding carboxylic acids is 1. The van der Waals surface area contributed by atoms with Crippen molar-refractivity contribution in [2.75, 3.05) is 23.4 Å². The summed E-state index contributed by atoms with van der Waals surface area (Å²) in [6.07, 6.45) is 2.97. The van der Waals surface area contributed by atoms with Crippen LogP contribution in [0.5, 0.6) is 0 Å². The maximum absolute atomic E-state index is 11.4. The van der Waals surface area contributed by atoms with Gasteiger partial charge in [-0.25, -0.2) is 0 Å². The van der Waals surface area contributed by atoms with E-state index in [0.29, 0.717) is 30.8 Å². The number of aliphatic hydroxyl groups excluding tert-OH is 1. The maximum Gasteiger partial charge on any atom is 0.294 e. The first-order valence-electron chi connectivity index (χ1n) is 7.09. The summed E-state index contributed by atoms with van der Waals surface area (Å²) in [6, 6.07) is 3.50. The number of nitrogens with zero attached hydrogens (tertiary/aromatic N) is 2. The van der Waals surface area contributed by atoms with Gasteiger partial charge in [-0.1, -0.05) is 0 Å². The Bertz CT molecular complexity index is 598. The molecule has 1 amide bonds. The number of amides is 1. The summed E-state index contributed by atoms with van der Waals surface area (Å²) in [5.41, 5.74) is 1.97. The summed E-state index contributed by atoms with van der Waals surface area (Å²) in [6.45, 7) is 0.345. The van der Waals surface area contributed by atoms with Crippen molar-refractivity contribution in [1.29, 1.82) is 0 Å². The van der Waals surface area contributed by atoms with E-state index in [2.05, 4.69) is 5.32 Å². The van der Waals surface area contributed by atoms with E-state index >= 15 is 0 Å². The van der Waals surface area contributed by atoms with E-state index in [1.54, 1.807) is 6.07 Å². The first kappa shape index (κ1) is 13.8. The third-order valence-corrected chi connectivity index (χ3v) is 3.93. The zero-order chi connectivity index (χ0) is 15.0. The highest BCUT2D eigenvalue weighted by molar-refractivity contribution is 5.95. The van der Waals surface area contributed by atoms with E-state index < -0.39 is 4.92 Å². The molecule has 0 bridgehead atoms. The number of benzene rings is 1. The van der Waals surface area contributed by atoms with Gasteiger partial charge in [-0.3, -0.25) is 14.9 Å². The number of aryl methyl sites for hydroxylation is 1. The molecular formula is C14H17N3O4. The van der Waals surface area contributed by atoms with Gasteiger partial charge in [0, 0.05) is 25.1 Å². The quantitative estimate of drug-likeness (QED) is 0.632. The van der Waals surface area contributed by atoms with Gasteiger partial charge < -0.3 is 15.3 Å². The van der Waals surface area contributed by atoms with Crippen molar-refractivity contribution >= 4 is 23.0 Å². The molecule has 1 aliphatic carbocycles. The number of anilines is 2. The molecule has 0 saturated heterocycles. The van der Waals surface area contributed by atoms with Crippen molar-refractivity contribution in [3.05, 3.63) is 27.8 Å². The van der Waals surface area contributed by atoms with E-state index in [0.717, 1.165) is 18.4 Å². The zero-order valence-corrected chi connectivity index (χ0v) is 11.5. The molecule has 1 saturated carbocycles. The second-order valence-electron chi connectivity index (χ2n) is 5.45. The van der Waals surface area contributed by atoms with Crippen LogP contribution < -0.4 is 10.2 Å². The molecule has 1 aliphatic heterocycles. The van der Waals surface area contributed by atoms with Crippen molar-refractivity contribution in [2.24, 2.45) is 0 Å². The molecular weight excluding hydrogens is 274 g/mol. The van der Waals surface area contributed by atoms with E-state index in [1.807, 2.05) is 4.90 Å². The van der Waals surface area contributed by atoms with Gasteiger partial charge >= 0.3 is 0 Å². The molecule has 0 spiro atoms. The van der Waals surface area contributed by atoms with Gasteiger partial charge in [0.15, 0.2) is 0 Å². The van der Waals surface area contributed by atoms with Crippen LogP contribution in [0.25, 0.3) is 0 Å². The molecule has 0 atom stereocenters. The number of rotatable bonds is 5. The number of hydrogen-bond donors (Lipinski definition) is 2. The fourth-order valence-corrected chi connectivity index (χ4v) is 2.77. The minimum Gasteiger partial charge on any atom is -0.395 e. The summed E-state index contributed by atoms with van der Waals surface area (Å²) >= 11 is 0. The number of nitro benzene ring substituents is 1. The topological polar surface area (TPSA) is 95.7 Å². The molecule has 0 radical (unpaired) electrons. The predicted octanol–water partition coefficient (Wildman–Crippen LogP) is 1.44. The minimum absolute atomic E-state index is 0.0173. The molecule has 1 heterocycles. The number of nitrogens with one attached hydrogen (secondary N) is 1. The van der Waals surface area contributed by atoms with Crippen LogP contribution in [-0.2, 0) is 11.2 Å². The summed E-state index contributed by atoms with van der Waals surface area (Å²) in [5, 5.41) is 23.2. The number of fused-ring (bicyclic) bond motifs is 1. The Labute approximate surface area is 121 Å². The summed E-state index contributed by atoms with van der Waals surface area (Å²) in [4.78, 5) is 24.3. The highest BCUT2D eigenvalue weighted by atomic mass is 16.6. The minimum atomic E-state index is -0.427. The molecule has 7 heteroatoms. The van der Waals surface area contributed by atoms with Crippen molar-refractivity contribution in [3.63, 3.8) is 0 Å². The van der Waals surface area contributed by atoms with E-state index in [9.17, 15) is 20.0 Å². The van der Waals surface area contributed by atoms with Gasteiger partial charge in [-0.15, -0.1) is 0 Å². The Kier molecular flexibility index (Phi) is 3.50. The third kappa shape index (κ3) is 2.69. The lowest BCUT2D eigenvalue weighted by Crippen LogP contribution is -2.30. The smallest absolute Gasteiger partial charge is 0.294 e. The van der Waals surface area contributed by atoms with Crippen molar-refractivity contribution in [3.8, 4) is 0 Å². The molecule has 1 aromatic rings. The Morgan fingerprint density at radius 1 is 1.38 bits per heavy atom. The summed E-state index contributed by atoms with van der Waals surface area (Å²) in [5.74, 6) is -0.112. The lowest BCUT2D eigenvalue weighted by Gasteiger charge is -2.26. The molecule has 2 N–H and O–H groups in total. The maximum atomic E-state index is 11.4. The van der Waals surface area contributed by atoms with Crippen molar-refractivity contribution in [2.45, 2.75) is 31.7 Å². The molecule has 0 unspecified atom stereocenters. The zero-order valence-electron chi connectivity index (χ0n) is 11.5. The monoisotopic (exact) mass is 291 g/mol. The standard InChI is InChI=1S/C14H17N3O4/c18-6-5-16(10-2-3-10)12-7-9-1-4-14(19)15-11(9)8-13(12)17(20)21/h7-8,10,18H,1-6H2,(H,15,19). The lowest BCUT2D eigenvalue weighted by atomic mass is 10.0. The Balaban J connectivity index is 2.05. The van der Waals surface area contributed by atoms with Crippen LogP contribution in [0.15, 0.2) is 12.1 Å². The van der Waals surface area contributed by atoms with Gasteiger partial charge in [0.25, 0.3) is 5.69 Å². The molecule has 0 aromatic heterocycles. The van der Waals surface area contributed by atoms with Gasteiger partial charge in [0.05, 0.1) is 17.2 Å². The number of hydrogen-bond acceptors (Lipinski definition) is 5. The molecule has 112 valence electrons. The summed E-state index contributed by atoms with van der Waals surface area (Å²) < 4.78 is 0. The molecule has 1 fully saturated rings. The van der Waals surface area contributed by atoms with Gasteiger partial charge in [-0.05, 0) is 30.9 Å². The highest BCUT2D eigenvalue weighted by Crippen LogP contribution is 2.40. The fraction of sp³-hybridized carbons (Fsp3) is 0.500. The van der Waals surface area contributed by atoms with Gasteiger partial charge in [0.2, 0.25) is 5.91 Å². The van der Waals surface area contributed by atoms with Crippen LogP contribution >= 0.6 is 0 Å². The second kappa shape index (κ2) is 5.33. The number of carbonyl (C=O) groups is 1. The van der Waals surface area contributed by atoms with Crippen LogP contribution in [0, 0.1) is 10.1 Å². The Morgan fingerprint density at radius 3 is 2.76 bits per heavy atom. The third-order valence-electron chi connectivity index (χ3n) is 3.93. The molecule has 1 aromatic carbocycles. The molecule has 2 aliphatic rings. The van der Waals surface area contributed by atoms with Gasteiger partial charge in [0.1, 0.15) is 5.69 Å². The van der Waals surface area contributed by atoms with Crippen molar-refractivity contribution in [1.82, 2.24) is 0 Å². The van der Waals surface area contributed by atoms with E-state index in [1.165, 1.54) is 6.07 Å². The molecule has 3 rings (SSSR count). The van der Waals surface area contributed by atoms with Crippen LogP contribution in [0.2, 0.25) is 0 Å². The molecule has 21 heavy (non-hydrogen) atoms. The van der Waals surface area contributed by atoms with E-state index in [-0.39, 0.29) is 24.2 Å². The second-order valence-corrected chi connectivity index (χ2v) is 5.45. The SMILES string of the molecule is O=C1CCc2cc(N(CCO)C3CC3)c([N+](=O)[O-])cc2N1. The van der Waals surface area contributed by atoms with Crippen LogP contribution in [0.1, 0.15) is 24.8 Å². The van der Waals surface area contributed by atoms with Crippen LogP contribution in [-0.4, -0.2) is 35.1 Å². The first-order valence-corrected chi connectivity index (χ1v) is 7.09. The van der Waals surface area contributed by atoms with Gasteiger partial charge in [-0.2, -0.15) is 0 Å². The average Bonchev–Trinajstić information content (AvgIpc) is 3.28. The molecule has 7 nitrogen and oxygen atoms in total. The predicted molar refractivity (Wildman–Crippen MR) is 77.5 cm³/mol. The van der Waals surface area contributed by atoms with E-state index in [4.69, 9.17) is 0 Å². The average molecular weight is 291 g/mol. The number of nitro groups is 1. The van der Waals surface area contributed by atoms with Crippen molar-refractivity contribution < 1.29 is 14.8 Å². The Hall–Kier alpha value is -2.15. The van der Waals surface area contributed by atoms with Crippen LogP contribution in [0.4, 0.5) is 17.1 Å². The Morgan fingerprint density at radius 2 is 2.14 bits per heavy atom. The van der Waals surface area contributed by atoms with Crippen LogP contribution in [0.3, 0.4) is 0 Å². The lowest BCUT2D eigenvalue weighted by molar-refractivity contribution is -0.384. The number of aliphatic hydroxyl groups is 1. The largest absolute Gasteiger partial charge is 0.395 e. The normalized spacial score (nSPS) is 17.1. The summed E-state index contributed by atoms with van der Waals surface area (Å²) in [7, 11) is 0. The highest BCUT2D eigenvalue weighted by Gasteiger charge is 2.34. The first-order chi connectivity index (χ1) is 10.1. The fourth-order valence-electron chi connectivity index (χ4n) is 2.77.